The van der Waals surface area contributed by atoms with Crippen LogP contribution < -0.4 is 5.48 Å². The summed E-state index contributed by atoms with van der Waals surface area (Å²) in [5.41, 5.74) is 2.96. The van der Waals surface area contributed by atoms with E-state index in [4.69, 9.17) is 5.21 Å². The number of hydroxylamine groups is 1. The van der Waals surface area contributed by atoms with E-state index in [9.17, 15) is 4.79 Å². The Bertz CT molecular complexity index is 689. The normalized spacial score (nSPS) is 10.8. The summed E-state index contributed by atoms with van der Waals surface area (Å²) in [6.45, 7) is 11.6. The summed E-state index contributed by atoms with van der Waals surface area (Å²) < 4.78 is 1.99. The van der Waals surface area contributed by atoms with Gasteiger partial charge in [0.1, 0.15) is 0 Å². The van der Waals surface area contributed by atoms with Gasteiger partial charge in [-0.2, -0.15) is 0 Å². The standard InChI is InChI=1S/C18H24N2O2S.C3H8/c1-13(2)8-9-20(12-18(21)19-22)23-17-7-6-15-10-14(3)4-5-16(15)11-17;1-3-2/h4-7,10-11,13,22H,8-9,12H2,1-3H3,(H,19,21);3H2,1-2H3. The highest BCUT2D eigenvalue weighted by Gasteiger charge is 2.13. The second kappa shape index (κ2) is 11.9. The molecular weight excluding hydrogens is 344 g/mol. The van der Waals surface area contributed by atoms with E-state index in [1.807, 2.05) is 4.31 Å². The summed E-state index contributed by atoms with van der Waals surface area (Å²) in [5, 5.41) is 11.2. The SMILES string of the molecule is CCC.Cc1ccc2cc(SN(CCC(C)C)CC(=O)NO)ccc2c1. The quantitative estimate of drug-likeness (QED) is 0.384. The molecule has 26 heavy (non-hydrogen) atoms. The minimum Gasteiger partial charge on any atom is -0.289 e. The number of fused-ring (bicyclic) bond motifs is 1. The van der Waals surface area contributed by atoms with Gasteiger partial charge in [-0.25, -0.2) is 9.79 Å². The Morgan fingerprint density at radius 1 is 1.15 bits per heavy atom. The third-order valence-electron chi connectivity index (χ3n) is 3.60. The minimum absolute atomic E-state index is 0.166. The number of nitrogens with zero attached hydrogens (tertiary/aromatic N) is 1. The van der Waals surface area contributed by atoms with Gasteiger partial charge in [-0.05, 0) is 54.1 Å². The van der Waals surface area contributed by atoms with Crippen molar-refractivity contribution in [3.63, 3.8) is 0 Å². The molecule has 0 aromatic heterocycles. The van der Waals surface area contributed by atoms with Crippen LogP contribution >= 0.6 is 11.9 Å². The summed E-state index contributed by atoms with van der Waals surface area (Å²) in [7, 11) is 0. The lowest BCUT2D eigenvalue weighted by Gasteiger charge is -2.21. The van der Waals surface area contributed by atoms with Gasteiger partial charge >= 0.3 is 0 Å². The van der Waals surface area contributed by atoms with Gasteiger partial charge in [-0.3, -0.25) is 10.0 Å². The van der Waals surface area contributed by atoms with E-state index in [-0.39, 0.29) is 6.54 Å². The van der Waals surface area contributed by atoms with Crippen molar-refractivity contribution < 1.29 is 10.0 Å². The Morgan fingerprint density at radius 3 is 2.38 bits per heavy atom. The first kappa shape index (κ1) is 22.5. The topological polar surface area (TPSA) is 52.6 Å². The number of aryl methyl sites for hydroxylation is 1. The van der Waals surface area contributed by atoms with Crippen molar-refractivity contribution in [2.24, 2.45) is 5.92 Å². The summed E-state index contributed by atoms with van der Waals surface area (Å²) in [5.74, 6) is 0.174. The fourth-order valence-corrected chi connectivity index (χ4v) is 3.29. The van der Waals surface area contributed by atoms with Gasteiger partial charge in [0.2, 0.25) is 0 Å². The molecule has 0 saturated heterocycles. The molecule has 2 aromatic carbocycles. The van der Waals surface area contributed by atoms with Gasteiger partial charge in [0.15, 0.2) is 0 Å². The zero-order valence-electron chi connectivity index (χ0n) is 16.6. The van der Waals surface area contributed by atoms with Gasteiger partial charge < -0.3 is 0 Å². The Balaban J connectivity index is 0.00000105. The molecule has 1 amide bonds. The molecule has 0 radical (unpaired) electrons. The smallest absolute Gasteiger partial charge is 0.258 e. The van der Waals surface area contributed by atoms with Crippen molar-refractivity contribution in [1.29, 1.82) is 0 Å². The highest BCUT2D eigenvalue weighted by atomic mass is 32.2. The maximum atomic E-state index is 11.5. The van der Waals surface area contributed by atoms with Gasteiger partial charge in [0.05, 0.1) is 6.54 Å². The second-order valence-electron chi connectivity index (χ2n) is 6.89. The lowest BCUT2D eigenvalue weighted by Crippen LogP contribution is -2.32. The second-order valence-corrected chi connectivity index (χ2v) is 8.06. The van der Waals surface area contributed by atoms with Gasteiger partial charge in [-0.1, -0.05) is 63.9 Å². The van der Waals surface area contributed by atoms with Crippen molar-refractivity contribution in [1.82, 2.24) is 9.79 Å². The number of hydrogen-bond acceptors (Lipinski definition) is 4. The van der Waals surface area contributed by atoms with Crippen LogP contribution in [0, 0.1) is 12.8 Å². The molecule has 2 N–H and O–H groups in total. The first-order valence-corrected chi connectivity index (χ1v) is 10.0. The average Bonchev–Trinajstić information content (AvgIpc) is 2.60. The number of amides is 1. The summed E-state index contributed by atoms with van der Waals surface area (Å²) in [6, 6.07) is 12.7. The third kappa shape index (κ3) is 8.21. The highest BCUT2D eigenvalue weighted by molar-refractivity contribution is 7.97. The summed E-state index contributed by atoms with van der Waals surface area (Å²) in [6.07, 6.45) is 2.25. The van der Waals surface area contributed by atoms with Gasteiger partial charge in [0, 0.05) is 11.4 Å². The molecule has 0 aliphatic rings. The van der Waals surface area contributed by atoms with Crippen LogP contribution in [0.25, 0.3) is 10.8 Å². The molecule has 0 aliphatic carbocycles. The minimum atomic E-state index is -0.391. The van der Waals surface area contributed by atoms with Crippen LogP contribution in [0.15, 0.2) is 41.3 Å². The van der Waals surface area contributed by atoms with Crippen LogP contribution in [0.5, 0.6) is 0 Å². The predicted octanol–water partition coefficient (Wildman–Crippen LogP) is 5.43. The molecule has 144 valence electrons. The van der Waals surface area contributed by atoms with Crippen LogP contribution in [0.2, 0.25) is 0 Å². The molecule has 2 aromatic rings. The molecular formula is C21H32N2O2S. The van der Waals surface area contributed by atoms with E-state index in [0.717, 1.165) is 17.9 Å². The number of rotatable bonds is 7. The van der Waals surface area contributed by atoms with Crippen molar-refractivity contribution in [3.05, 3.63) is 42.0 Å². The van der Waals surface area contributed by atoms with Crippen LogP contribution in [0.4, 0.5) is 0 Å². The Labute approximate surface area is 162 Å². The molecule has 5 heteroatoms. The van der Waals surface area contributed by atoms with E-state index in [0.29, 0.717) is 5.92 Å². The van der Waals surface area contributed by atoms with E-state index in [1.165, 1.54) is 22.8 Å². The first-order valence-electron chi connectivity index (χ1n) is 9.25. The number of nitrogens with one attached hydrogen (secondary N) is 1. The maximum Gasteiger partial charge on any atom is 0.258 e. The van der Waals surface area contributed by atoms with Crippen molar-refractivity contribution in [2.45, 2.75) is 52.4 Å². The third-order valence-corrected chi connectivity index (χ3v) is 4.64. The molecule has 0 fully saturated rings. The Hall–Kier alpha value is -1.56. The van der Waals surface area contributed by atoms with Crippen LogP contribution in [0.3, 0.4) is 0 Å². The van der Waals surface area contributed by atoms with Crippen molar-refractivity contribution >= 4 is 28.6 Å². The molecule has 0 bridgehead atoms. The number of benzene rings is 2. The van der Waals surface area contributed by atoms with Gasteiger partial charge in [0.25, 0.3) is 5.91 Å². The fraction of sp³-hybridized carbons (Fsp3) is 0.476. The van der Waals surface area contributed by atoms with Crippen molar-refractivity contribution in [2.75, 3.05) is 13.1 Å². The predicted molar refractivity (Wildman–Crippen MR) is 111 cm³/mol. The lowest BCUT2D eigenvalue weighted by molar-refractivity contribution is -0.129. The summed E-state index contributed by atoms with van der Waals surface area (Å²) in [4.78, 5) is 12.6. The Morgan fingerprint density at radius 2 is 1.77 bits per heavy atom. The van der Waals surface area contributed by atoms with E-state index >= 15 is 0 Å². The van der Waals surface area contributed by atoms with Gasteiger partial charge in [-0.15, -0.1) is 0 Å². The maximum absolute atomic E-state index is 11.5. The molecule has 0 heterocycles. The first-order chi connectivity index (χ1) is 12.4. The lowest BCUT2D eigenvalue weighted by atomic mass is 10.1. The molecule has 0 saturated carbocycles. The number of carbonyl (C=O) groups is 1. The van der Waals surface area contributed by atoms with Crippen molar-refractivity contribution in [3.8, 4) is 0 Å². The van der Waals surface area contributed by atoms with E-state index < -0.39 is 5.91 Å². The average molecular weight is 377 g/mol. The Kier molecular flexibility index (Phi) is 10.3. The zero-order valence-corrected chi connectivity index (χ0v) is 17.4. The van der Waals surface area contributed by atoms with Crippen LogP contribution in [0.1, 0.15) is 46.1 Å². The van der Waals surface area contributed by atoms with E-state index in [1.54, 1.807) is 17.4 Å². The monoisotopic (exact) mass is 376 g/mol. The number of carbonyl (C=O) groups excluding carboxylic acids is 1. The molecule has 0 atom stereocenters. The summed E-state index contributed by atoms with van der Waals surface area (Å²) >= 11 is 1.55. The molecule has 0 aliphatic heterocycles. The highest BCUT2D eigenvalue weighted by Crippen LogP contribution is 2.27. The van der Waals surface area contributed by atoms with Crippen LogP contribution in [-0.4, -0.2) is 28.5 Å². The van der Waals surface area contributed by atoms with E-state index in [2.05, 4.69) is 71.0 Å². The largest absolute Gasteiger partial charge is 0.289 e. The molecule has 0 spiro atoms. The zero-order chi connectivity index (χ0) is 19.5. The van der Waals surface area contributed by atoms with Crippen LogP contribution in [-0.2, 0) is 4.79 Å². The molecule has 4 nitrogen and oxygen atoms in total. The molecule has 0 unspecified atom stereocenters. The number of hydrogen-bond donors (Lipinski definition) is 2. The molecule has 2 rings (SSSR count). The fourth-order valence-electron chi connectivity index (χ4n) is 2.30.